The Morgan fingerprint density at radius 1 is 1.25 bits per heavy atom. The van der Waals surface area contributed by atoms with Crippen LogP contribution in [0.3, 0.4) is 0 Å². The largest absolute Gasteiger partial charge is 0.493 e. The second kappa shape index (κ2) is 5.62. The lowest BCUT2D eigenvalue weighted by Crippen LogP contribution is -2.54. The molecule has 2 unspecified atom stereocenters. The fourth-order valence-corrected chi connectivity index (χ4v) is 3.44. The summed E-state index contributed by atoms with van der Waals surface area (Å²) in [4.78, 5) is 2.61. The van der Waals surface area contributed by atoms with Crippen LogP contribution in [-0.2, 0) is 6.42 Å². The van der Waals surface area contributed by atoms with Crippen molar-refractivity contribution in [3.63, 3.8) is 0 Å². The molecule has 0 saturated carbocycles. The van der Waals surface area contributed by atoms with Crippen LogP contribution in [0.15, 0.2) is 12.1 Å². The number of piperazine rings is 1. The lowest BCUT2D eigenvalue weighted by Gasteiger charge is -2.44. The summed E-state index contributed by atoms with van der Waals surface area (Å²) in [7, 11) is 3.41. The van der Waals surface area contributed by atoms with Gasteiger partial charge in [-0.05, 0) is 36.1 Å². The number of nitrogens with one attached hydrogen (secondary N) is 1. The van der Waals surface area contributed by atoms with E-state index in [-0.39, 0.29) is 0 Å². The van der Waals surface area contributed by atoms with Crippen molar-refractivity contribution < 1.29 is 9.47 Å². The van der Waals surface area contributed by atoms with Gasteiger partial charge in [0.15, 0.2) is 11.5 Å². The highest BCUT2D eigenvalue weighted by molar-refractivity contribution is 5.49. The molecule has 2 aliphatic rings. The topological polar surface area (TPSA) is 33.7 Å². The predicted octanol–water partition coefficient (Wildman–Crippen LogP) is 1.98. The van der Waals surface area contributed by atoms with Gasteiger partial charge in [-0.25, -0.2) is 0 Å². The van der Waals surface area contributed by atoms with Crippen molar-refractivity contribution in [1.29, 1.82) is 0 Å². The average molecular weight is 276 g/mol. The third kappa shape index (κ3) is 2.27. The van der Waals surface area contributed by atoms with Gasteiger partial charge in [0.25, 0.3) is 0 Å². The van der Waals surface area contributed by atoms with Crippen LogP contribution in [0, 0.1) is 0 Å². The molecular formula is C16H24N2O2. The minimum atomic E-state index is 0.473. The number of fused-ring (bicyclic) bond motifs is 3. The molecule has 20 heavy (non-hydrogen) atoms. The molecular weight excluding hydrogens is 252 g/mol. The van der Waals surface area contributed by atoms with E-state index in [1.807, 2.05) is 0 Å². The standard InChI is InChI=1S/C16H24N2O2/c1-4-12-10-18-6-5-11-7-15(19-2)16(20-3)8-13(11)14(18)9-17-12/h7-8,12,14,17H,4-6,9-10H2,1-3H3. The summed E-state index contributed by atoms with van der Waals surface area (Å²) in [5.41, 5.74) is 2.80. The van der Waals surface area contributed by atoms with E-state index in [4.69, 9.17) is 9.47 Å². The summed E-state index contributed by atoms with van der Waals surface area (Å²) in [6.07, 6.45) is 2.30. The summed E-state index contributed by atoms with van der Waals surface area (Å²) in [6, 6.07) is 5.42. The van der Waals surface area contributed by atoms with Crippen LogP contribution in [0.1, 0.15) is 30.5 Å². The molecule has 0 aromatic heterocycles. The normalized spacial score (nSPS) is 25.8. The van der Waals surface area contributed by atoms with Crippen molar-refractivity contribution in [2.24, 2.45) is 0 Å². The highest BCUT2D eigenvalue weighted by Gasteiger charge is 2.33. The zero-order chi connectivity index (χ0) is 14.1. The molecule has 0 radical (unpaired) electrons. The number of methoxy groups -OCH3 is 2. The van der Waals surface area contributed by atoms with Gasteiger partial charge < -0.3 is 14.8 Å². The van der Waals surface area contributed by atoms with Gasteiger partial charge >= 0.3 is 0 Å². The van der Waals surface area contributed by atoms with Crippen LogP contribution in [-0.4, -0.2) is 44.8 Å². The maximum absolute atomic E-state index is 5.46. The first-order valence-electron chi connectivity index (χ1n) is 7.49. The van der Waals surface area contributed by atoms with Gasteiger partial charge in [0.2, 0.25) is 0 Å². The van der Waals surface area contributed by atoms with Gasteiger partial charge in [0.05, 0.1) is 14.2 Å². The Labute approximate surface area is 121 Å². The third-order valence-electron chi connectivity index (χ3n) is 4.66. The number of nitrogens with zero attached hydrogens (tertiary/aromatic N) is 1. The van der Waals surface area contributed by atoms with Crippen LogP contribution in [0.2, 0.25) is 0 Å². The van der Waals surface area contributed by atoms with Gasteiger partial charge in [-0.1, -0.05) is 6.92 Å². The summed E-state index contributed by atoms with van der Waals surface area (Å²) in [5, 5.41) is 3.66. The van der Waals surface area contributed by atoms with Crippen LogP contribution < -0.4 is 14.8 Å². The minimum Gasteiger partial charge on any atom is -0.493 e. The number of benzene rings is 1. The molecule has 1 N–H and O–H groups in total. The van der Waals surface area contributed by atoms with Gasteiger partial charge in [-0.3, -0.25) is 4.90 Å². The van der Waals surface area contributed by atoms with Gasteiger partial charge in [0, 0.05) is 31.7 Å². The molecule has 1 saturated heterocycles. The van der Waals surface area contributed by atoms with E-state index in [1.165, 1.54) is 17.5 Å². The van der Waals surface area contributed by atoms with Crippen molar-refractivity contribution >= 4 is 0 Å². The molecule has 2 atom stereocenters. The zero-order valence-corrected chi connectivity index (χ0v) is 12.6. The lowest BCUT2D eigenvalue weighted by atomic mass is 9.89. The summed E-state index contributed by atoms with van der Waals surface area (Å²) in [5.74, 6) is 1.68. The molecule has 110 valence electrons. The van der Waals surface area contributed by atoms with Crippen LogP contribution in [0.25, 0.3) is 0 Å². The van der Waals surface area contributed by atoms with E-state index in [2.05, 4.69) is 29.3 Å². The number of hydrogen-bond acceptors (Lipinski definition) is 4. The van der Waals surface area contributed by atoms with Gasteiger partial charge in [0.1, 0.15) is 0 Å². The fraction of sp³-hybridized carbons (Fsp3) is 0.625. The molecule has 0 bridgehead atoms. The molecule has 2 heterocycles. The maximum Gasteiger partial charge on any atom is 0.161 e. The molecule has 0 aliphatic carbocycles. The average Bonchev–Trinajstić information content (AvgIpc) is 2.52. The summed E-state index contributed by atoms with van der Waals surface area (Å²) < 4.78 is 10.9. The monoisotopic (exact) mass is 276 g/mol. The van der Waals surface area contributed by atoms with Crippen molar-refractivity contribution in [1.82, 2.24) is 10.2 Å². The maximum atomic E-state index is 5.46. The van der Waals surface area contributed by atoms with E-state index in [9.17, 15) is 0 Å². The Hall–Kier alpha value is -1.26. The fourth-order valence-electron chi connectivity index (χ4n) is 3.44. The summed E-state index contributed by atoms with van der Waals surface area (Å²) in [6.45, 7) is 5.57. The zero-order valence-electron chi connectivity index (χ0n) is 12.6. The molecule has 1 aromatic rings. The summed E-state index contributed by atoms with van der Waals surface area (Å²) >= 11 is 0. The molecule has 1 aromatic carbocycles. The first-order chi connectivity index (χ1) is 9.76. The quantitative estimate of drug-likeness (QED) is 0.915. The van der Waals surface area contributed by atoms with E-state index in [1.54, 1.807) is 14.2 Å². The van der Waals surface area contributed by atoms with Crippen LogP contribution >= 0.6 is 0 Å². The molecule has 1 fully saturated rings. The first kappa shape index (κ1) is 13.7. The van der Waals surface area contributed by atoms with Gasteiger partial charge in [-0.15, -0.1) is 0 Å². The van der Waals surface area contributed by atoms with Gasteiger partial charge in [-0.2, -0.15) is 0 Å². The Kier molecular flexibility index (Phi) is 3.85. The lowest BCUT2D eigenvalue weighted by molar-refractivity contribution is 0.119. The highest BCUT2D eigenvalue weighted by atomic mass is 16.5. The second-order valence-corrected chi connectivity index (χ2v) is 5.68. The van der Waals surface area contributed by atoms with Crippen molar-refractivity contribution in [2.75, 3.05) is 33.9 Å². The van der Waals surface area contributed by atoms with E-state index < -0.39 is 0 Å². The van der Waals surface area contributed by atoms with Crippen molar-refractivity contribution in [3.05, 3.63) is 23.3 Å². The number of rotatable bonds is 3. The number of ether oxygens (including phenoxy) is 2. The molecule has 0 amide bonds. The van der Waals surface area contributed by atoms with Crippen molar-refractivity contribution in [3.8, 4) is 11.5 Å². The minimum absolute atomic E-state index is 0.473. The first-order valence-corrected chi connectivity index (χ1v) is 7.49. The van der Waals surface area contributed by atoms with Crippen LogP contribution in [0.4, 0.5) is 0 Å². The van der Waals surface area contributed by atoms with E-state index in [0.717, 1.165) is 37.6 Å². The molecule has 0 spiro atoms. The SMILES string of the molecule is CCC1CN2CCc3cc(OC)c(OC)cc3C2CN1. The Morgan fingerprint density at radius 2 is 2.00 bits per heavy atom. The van der Waals surface area contributed by atoms with Crippen molar-refractivity contribution in [2.45, 2.75) is 31.8 Å². The molecule has 2 aliphatic heterocycles. The van der Waals surface area contributed by atoms with Crippen LogP contribution in [0.5, 0.6) is 11.5 Å². The molecule has 3 rings (SSSR count). The van der Waals surface area contributed by atoms with E-state index >= 15 is 0 Å². The second-order valence-electron chi connectivity index (χ2n) is 5.68. The smallest absolute Gasteiger partial charge is 0.161 e. The molecule has 4 nitrogen and oxygen atoms in total. The Morgan fingerprint density at radius 3 is 2.70 bits per heavy atom. The Bertz CT molecular complexity index is 490. The molecule has 4 heteroatoms. The third-order valence-corrected chi connectivity index (χ3v) is 4.66. The number of hydrogen-bond donors (Lipinski definition) is 1. The van der Waals surface area contributed by atoms with E-state index in [0.29, 0.717) is 12.1 Å². The highest BCUT2D eigenvalue weighted by Crippen LogP contribution is 2.38. The predicted molar refractivity (Wildman–Crippen MR) is 79.6 cm³/mol. The Balaban J connectivity index is 1.92.